The largest absolute Gasteiger partial charge is 0.396 e. The Labute approximate surface area is 106 Å². The summed E-state index contributed by atoms with van der Waals surface area (Å²) in [6.07, 6.45) is 1.63. The van der Waals surface area contributed by atoms with Crippen LogP contribution in [0.3, 0.4) is 0 Å². The first-order valence-corrected chi connectivity index (χ1v) is 5.66. The zero-order chi connectivity index (χ0) is 13.1. The summed E-state index contributed by atoms with van der Waals surface area (Å²) in [5.74, 6) is -0.169. The molecule has 2 rings (SSSR count). The lowest BCUT2D eigenvalue weighted by molar-refractivity contribution is 0.0779. The number of aryl methyl sites for hydroxylation is 1. The molecule has 0 atom stereocenters. The first kappa shape index (κ1) is 12.2. The molecule has 1 aromatic heterocycles. The molecule has 0 unspecified atom stereocenters. The third-order valence-corrected chi connectivity index (χ3v) is 2.67. The maximum absolute atomic E-state index is 12.2. The molecule has 1 heterocycles. The van der Waals surface area contributed by atoms with Crippen molar-refractivity contribution < 1.29 is 4.79 Å². The van der Waals surface area contributed by atoms with Crippen molar-refractivity contribution >= 4 is 11.6 Å². The van der Waals surface area contributed by atoms with Crippen LogP contribution in [0.25, 0.3) is 0 Å². The lowest BCUT2D eigenvalue weighted by Crippen LogP contribution is -2.27. The summed E-state index contributed by atoms with van der Waals surface area (Å²) in [4.78, 5) is 13.8. The van der Waals surface area contributed by atoms with Crippen LogP contribution in [0, 0.1) is 0 Å². The minimum absolute atomic E-state index is 0.169. The number of nitrogens with zero attached hydrogens (tertiary/aromatic N) is 3. The van der Waals surface area contributed by atoms with Gasteiger partial charge >= 0.3 is 0 Å². The van der Waals surface area contributed by atoms with E-state index in [-0.39, 0.29) is 5.91 Å². The van der Waals surface area contributed by atoms with Crippen molar-refractivity contribution in [2.75, 3.05) is 12.8 Å². The smallest absolute Gasteiger partial charge is 0.276 e. The Kier molecular flexibility index (Phi) is 3.32. The fraction of sp³-hybridized carbons (Fsp3) is 0.231. The van der Waals surface area contributed by atoms with Crippen molar-refractivity contribution in [1.82, 2.24) is 14.7 Å². The van der Waals surface area contributed by atoms with Gasteiger partial charge in [0.2, 0.25) is 0 Å². The van der Waals surface area contributed by atoms with E-state index in [2.05, 4.69) is 5.10 Å². The number of hydrogen-bond acceptors (Lipinski definition) is 3. The predicted octanol–water partition coefficient (Wildman–Crippen LogP) is 1.27. The van der Waals surface area contributed by atoms with Gasteiger partial charge in [-0.1, -0.05) is 30.3 Å². The third kappa shape index (κ3) is 2.51. The van der Waals surface area contributed by atoms with Gasteiger partial charge in [-0.05, 0) is 5.56 Å². The molecule has 1 aromatic carbocycles. The van der Waals surface area contributed by atoms with Gasteiger partial charge in [-0.25, -0.2) is 0 Å². The van der Waals surface area contributed by atoms with E-state index in [1.165, 1.54) is 0 Å². The number of nitrogens with two attached hydrogens (primary N) is 1. The van der Waals surface area contributed by atoms with Crippen molar-refractivity contribution in [2.45, 2.75) is 6.54 Å². The minimum atomic E-state index is -0.169. The summed E-state index contributed by atoms with van der Waals surface area (Å²) in [6.45, 7) is 0.537. The summed E-state index contributed by atoms with van der Waals surface area (Å²) in [6, 6.07) is 9.80. The van der Waals surface area contributed by atoms with Gasteiger partial charge in [0, 0.05) is 26.8 Å². The van der Waals surface area contributed by atoms with Crippen molar-refractivity contribution in [1.29, 1.82) is 0 Å². The zero-order valence-corrected chi connectivity index (χ0v) is 10.5. The highest BCUT2D eigenvalue weighted by atomic mass is 16.2. The molecule has 5 nitrogen and oxygen atoms in total. The summed E-state index contributed by atoms with van der Waals surface area (Å²) in [7, 11) is 3.48. The summed E-state index contributed by atoms with van der Waals surface area (Å²) < 4.78 is 1.54. The van der Waals surface area contributed by atoms with Crippen molar-refractivity contribution in [3.05, 3.63) is 47.8 Å². The van der Waals surface area contributed by atoms with E-state index in [0.717, 1.165) is 5.56 Å². The third-order valence-electron chi connectivity index (χ3n) is 2.67. The Morgan fingerprint density at radius 1 is 1.39 bits per heavy atom. The molecule has 0 fully saturated rings. The molecule has 5 heteroatoms. The van der Waals surface area contributed by atoms with Crippen LogP contribution in [0.1, 0.15) is 16.1 Å². The molecule has 2 N–H and O–H groups in total. The number of benzene rings is 1. The highest BCUT2D eigenvalue weighted by Crippen LogP contribution is 2.12. The molecule has 2 aromatic rings. The van der Waals surface area contributed by atoms with E-state index in [9.17, 15) is 4.79 Å². The van der Waals surface area contributed by atoms with Crippen molar-refractivity contribution in [3.8, 4) is 0 Å². The molecule has 18 heavy (non-hydrogen) atoms. The SMILES string of the molecule is CN(Cc1ccccc1)C(=O)c1nn(C)cc1N. The summed E-state index contributed by atoms with van der Waals surface area (Å²) in [5, 5.41) is 4.07. The Morgan fingerprint density at radius 3 is 2.61 bits per heavy atom. The van der Waals surface area contributed by atoms with Gasteiger partial charge in [0.25, 0.3) is 5.91 Å². The molecule has 0 radical (unpaired) electrons. The van der Waals surface area contributed by atoms with Gasteiger partial charge in [0.1, 0.15) is 0 Å². The number of nitrogen functional groups attached to an aromatic ring is 1. The van der Waals surface area contributed by atoms with Crippen LogP contribution in [0.5, 0.6) is 0 Å². The molecule has 0 aliphatic rings. The molecular formula is C13H16N4O. The average molecular weight is 244 g/mol. The highest BCUT2D eigenvalue weighted by molar-refractivity contribution is 5.96. The molecule has 0 aliphatic heterocycles. The first-order valence-electron chi connectivity index (χ1n) is 5.66. The average Bonchev–Trinajstić information content (AvgIpc) is 2.68. The monoisotopic (exact) mass is 244 g/mol. The van der Waals surface area contributed by atoms with Gasteiger partial charge in [0.15, 0.2) is 5.69 Å². The second-order valence-electron chi connectivity index (χ2n) is 4.25. The van der Waals surface area contributed by atoms with E-state index in [4.69, 9.17) is 5.73 Å². The molecule has 0 aliphatic carbocycles. The van der Waals surface area contributed by atoms with Crippen LogP contribution in [0.2, 0.25) is 0 Å². The molecule has 0 bridgehead atoms. The van der Waals surface area contributed by atoms with Crippen LogP contribution in [-0.4, -0.2) is 27.6 Å². The van der Waals surface area contributed by atoms with Crippen LogP contribution < -0.4 is 5.73 Å². The molecule has 0 spiro atoms. The number of carbonyl (C=O) groups excluding carboxylic acids is 1. The molecule has 0 saturated heterocycles. The number of anilines is 1. The number of carbonyl (C=O) groups is 1. The number of rotatable bonds is 3. The van der Waals surface area contributed by atoms with Gasteiger partial charge < -0.3 is 10.6 Å². The second kappa shape index (κ2) is 4.91. The topological polar surface area (TPSA) is 64.2 Å². The van der Waals surface area contributed by atoms with Gasteiger partial charge in [-0.3, -0.25) is 9.48 Å². The fourth-order valence-electron chi connectivity index (χ4n) is 1.78. The van der Waals surface area contributed by atoms with Crippen LogP contribution in [-0.2, 0) is 13.6 Å². The molecule has 1 amide bonds. The lowest BCUT2D eigenvalue weighted by Gasteiger charge is -2.16. The fourth-order valence-corrected chi connectivity index (χ4v) is 1.78. The summed E-state index contributed by atoms with van der Waals surface area (Å²) >= 11 is 0. The van der Waals surface area contributed by atoms with Crippen molar-refractivity contribution in [2.24, 2.45) is 7.05 Å². The zero-order valence-electron chi connectivity index (χ0n) is 10.5. The van der Waals surface area contributed by atoms with E-state index >= 15 is 0 Å². The Balaban J connectivity index is 2.12. The molecule has 94 valence electrons. The van der Waals surface area contributed by atoms with Crippen LogP contribution in [0.4, 0.5) is 5.69 Å². The van der Waals surface area contributed by atoms with E-state index in [0.29, 0.717) is 17.9 Å². The van der Waals surface area contributed by atoms with E-state index < -0.39 is 0 Å². The van der Waals surface area contributed by atoms with Crippen LogP contribution >= 0.6 is 0 Å². The normalized spacial score (nSPS) is 10.3. The Bertz CT molecular complexity index is 547. The first-order chi connectivity index (χ1) is 8.58. The standard InChI is InChI=1S/C13H16N4O/c1-16(8-10-6-4-3-5-7-10)13(18)12-11(14)9-17(2)15-12/h3-7,9H,8,14H2,1-2H3. The Hall–Kier alpha value is -2.30. The second-order valence-corrected chi connectivity index (χ2v) is 4.25. The van der Waals surface area contributed by atoms with Crippen molar-refractivity contribution in [3.63, 3.8) is 0 Å². The van der Waals surface area contributed by atoms with Crippen LogP contribution in [0.15, 0.2) is 36.5 Å². The quantitative estimate of drug-likeness (QED) is 0.884. The molecule has 0 saturated carbocycles. The number of amides is 1. The highest BCUT2D eigenvalue weighted by Gasteiger charge is 2.18. The van der Waals surface area contributed by atoms with E-state index in [1.54, 1.807) is 29.9 Å². The summed E-state index contributed by atoms with van der Waals surface area (Å²) in [5.41, 5.74) is 7.52. The Morgan fingerprint density at radius 2 is 2.06 bits per heavy atom. The van der Waals surface area contributed by atoms with Gasteiger partial charge in [-0.2, -0.15) is 5.10 Å². The van der Waals surface area contributed by atoms with E-state index in [1.807, 2.05) is 30.3 Å². The molecular weight excluding hydrogens is 228 g/mol. The lowest BCUT2D eigenvalue weighted by atomic mass is 10.2. The predicted molar refractivity (Wildman–Crippen MR) is 69.9 cm³/mol. The number of aromatic nitrogens is 2. The maximum Gasteiger partial charge on any atom is 0.276 e. The minimum Gasteiger partial charge on any atom is -0.396 e. The van der Waals surface area contributed by atoms with Gasteiger partial charge in [-0.15, -0.1) is 0 Å². The number of hydrogen-bond donors (Lipinski definition) is 1. The van der Waals surface area contributed by atoms with Gasteiger partial charge in [0.05, 0.1) is 5.69 Å². The maximum atomic E-state index is 12.2.